The summed E-state index contributed by atoms with van der Waals surface area (Å²) in [6.45, 7) is 2.38. The summed E-state index contributed by atoms with van der Waals surface area (Å²) in [5.74, 6) is 0.342. The Kier molecular flexibility index (Phi) is 5.83. The molecule has 0 radical (unpaired) electrons. The van der Waals surface area contributed by atoms with Crippen molar-refractivity contribution in [3.05, 3.63) is 175 Å². The molecule has 0 saturated carbocycles. The molecule has 3 heteroatoms. The second kappa shape index (κ2) is 10.4. The Bertz CT molecular complexity index is 2940. The van der Waals surface area contributed by atoms with Crippen LogP contribution < -0.4 is 0 Å². The number of hydrogen-bond acceptors (Lipinski definition) is 1. The molecule has 2 unspecified atom stereocenters. The lowest BCUT2D eigenvalue weighted by Gasteiger charge is -2.30. The molecule has 0 spiro atoms. The first-order valence-electron chi connectivity index (χ1n) is 17.4. The quantitative estimate of drug-likeness (QED) is 0.201. The number of hydrogen-bond donors (Lipinski definition) is 1. The van der Waals surface area contributed by atoms with Crippen LogP contribution in [0.1, 0.15) is 24.0 Å². The van der Waals surface area contributed by atoms with E-state index in [4.69, 9.17) is 0 Å². The van der Waals surface area contributed by atoms with Crippen molar-refractivity contribution in [3.8, 4) is 16.8 Å². The van der Waals surface area contributed by atoms with Gasteiger partial charge in [-0.1, -0.05) is 115 Å². The predicted octanol–water partition coefficient (Wildman–Crippen LogP) is 12.8. The predicted molar refractivity (Wildman–Crippen MR) is 214 cm³/mol. The molecule has 3 heterocycles. The minimum absolute atomic E-state index is 0.0380. The Balaban J connectivity index is 1.10. The van der Waals surface area contributed by atoms with Crippen LogP contribution in [0.3, 0.4) is 0 Å². The fraction of sp³-hybridized carbons (Fsp3) is 0.0638. The number of nitrogens with zero attached hydrogens (tertiary/aromatic N) is 1. The van der Waals surface area contributed by atoms with Crippen molar-refractivity contribution >= 4 is 71.7 Å². The van der Waals surface area contributed by atoms with E-state index in [2.05, 4.69) is 180 Å². The molecule has 0 bridgehead atoms. The fourth-order valence-electron chi connectivity index (χ4n) is 8.60. The Morgan fingerprint density at radius 1 is 0.580 bits per heavy atom. The lowest BCUT2D eigenvalue weighted by atomic mass is 9.80. The van der Waals surface area contributed by atoms with Crippen LogP contribution >= 0.6 is 11.8 Å². The third-order valence-electron chi connectivity index (χ3n) is 11.1. The first-order valence-corrected chi connectivity index (χ1v) is 18.2. The average molecular weight is 657 g/mol. The van der Waals surface area contributed by atoms with Gasteiger partial charge in [0.15, 0.2) is 0 Å². The zero-order chi connectivity index (χ0) is 33.0. The van der Waals surface area contributed by atoms with E-state index in [1.807, 2.05) is 11.8 Å². The smallest absolute Gasteiger partial charge is 0.0546 e. The van der Waals surface area contributed by atoms with Gasteiger partial charge in [-0.05, 0) is 88.7 Å². The summed E-state index contributed by atoms with van der Waals surface area (Å²) in [7, 11) is 0. The van der Waals surface area contributed by atoms with Crippen molar-refractivity contribution in [3.63, 3.8) is 0 Å². The van der Waals surface area contributed by atoms with E-state index < -0.39 is 0 Å². The Morgan fingerprint density at radius 2 is 1.30 bits per heavy atom. The van der Waals surface area contributed by atoms with Crippen molar-refractivity contribution in [2.24, 2.45) is 0 Å². The highest BCUT2D eigenvalue weighted by molar-refractivity contribution is 8.01. The second-order valence-electron chi connectivity index (χ2n) is 14.0. The number of rotatable bonds is 3. The van der Waals surface area contributed by atoms with Crippen LogP contribution in [0.5, 0.6) is 0 Å². The molecule has 7 aromatic carbocycles. The van der Waals surface area contributed by atoms with Crippen LogP contribution in [0.4, 0.5) is 0 Å². The number of benzene rings is 7. The summed E-state index contributed by atoms with van der Waals surface area (Å²) < 4.78 is 2.52. The molecule has 9 aromatic rings. The Hall–Kier alpha value is -5.77. The van der Waals surface area contributed by atoms with Crippen LogP contribution in [-0.2, 0) is 0 Å². The van der Waals surface area contributed by atoms with E-state index in [1.54, 1.807) is 0 Å². The third kappa shape index (κ3) is 4.04. The van der Waals surface area contributed by atoms with Gasteiger partial charge in [0.2, 0.25) is 0 Å². The third-order valence-corrected chi connectivity index (χ3v) is 12.5. The molecule has 2 aromatic heterocycles. The number of H-pyrrole nitrogens is 1. The summed E-state index contributed by atoms with van der Waals surface area (Å²) in [5.41, 5.74) is 12.4. The van der Waals surface area contributed by atoms with Crippen LogP contribution in [0, 0.1) is 0 Å². The van der Waals surface area contributed by atoms with Crippen LogP contribution in [0.2, 0.25) is 0 Å². The summed E-state index contributed by atoms with van der Waals surface area (Å²) in [4.78, 5) is 5.03. The summed E-state index contributed by atoms with van der Waals surface area (Å²) in [6, 6.07) is 53.8. The lowest BCUT2D eigenvalue weighted by molar-refractivity contribution is 0.704. The van der Waals surface area contributed by atoms with E-state index in [1.165, 1.54) is 92.8 Å². The van der Waals surface area contributed by atoms with Gasteiger partial charge in [0.1, 0.15) is 0 Å². The van der Waals surface area contributed by atoms with Crippen molar-refractivity contribution in [1.29, 1.82) is 0 Å². The van der Waals surface area contributed by atoms with E-state index in [0.29, 0.717) is 5.92 Å². The molecule has 1 aliphatic carbocycles. The molecule has 236 valence electrons. The van der Waals surface area contributed by atoms with Gasteiger partial charge in [0, 0.05) is 53.5 Å². The number of aromatic amines is 1. The van der Waals surface area contributed by atoms with Crippen molar-refractivity contribution in [2.75, 3.05) is 0 Å². The van der Waals surface area contributed by atoms with Crippen molar-refractivity contribution in [1.82, 2.24) is 9.55 Å². The fourth-order valence-corrected chi connectivity index (χ4v) is 9.99. The number of aromatic nitrogens is 2. The Labute approximate surface area is 294 Å². The number of thioether (sulfide) groups is 1. The van der Waals surface area contributed by atoms with E-state index >= 15 is 0 Å². The van der Waals surface area contributed by atoms with Crippen molar-refractivity contribution in [2.45, 2.75) is 22.5 Å². The molecule has 0 fully saturated rings. The van der Waals surface area contributed by atoms with Gasteiger partial charge in [-0.2, -0.15) is 0 Å². The highest BCUT2D eigenvalue weighted by Gasteiger charge is 2.42. The van der Waals surface area contributed by atoms with Crippen LogP contribution in [0.15, 0.2) is 169 Å². The zero-order valence-corrected chi connectivity index (χ0v) is 28.3. The second-order valence-corrected chi connectivity index (χ2v) is 15.5. The highest BCUT2D eigenvalue weighted by Crippen LogP contribution is 2.57. The Morgan fingerprint density at radius 3 is 2.24 bits per heavy atom. The molecule has 1 aliphatic heterocycles. The molecule has 0 saturated heterocycles. The maximum Gasteiger partial charge on any atom is 0.0546 e. The monoisotopic (exact) mass is 656 g/mol. The molecular formula is C47H32N2S. The number of allylic oxidation sites excluding steroid dienone is 3. The first kappa shape index (κ1) is 28.1. The first-order chi connectivity index (χ1) is 24.6. The van der Waals surface area contributed by atoms with Gasteiger partial charge in [-0.15, -0.1) is 11.8 Å². The van der Waals surface area contributed by atoms with Crippen LogP contribution in [-0.4, -0.2) is 14.3 Å². The normalized spacial score (nSPS) is 18.3. The molecule has 2 atom stereocenters. The van der Waals surface area contributed by atoms with Gasteiger partial charge in [0.25, 0.3) is 0 Å². The lowest BCUT2D eigenvalue weighted by Crippen LogP contribution is -2.23. The largest absolute Gasteiger partial charge is 0.354 e. The summed E-state index contributed by atoms with van der Waals surface area (Å²) >= 11 is 1.99. The summed E-state index contributed by atoms with van der Waals surface area (Å²) in [5, 5.41) is 7.55. The molecular weight excluding hydrogens is 625 g/mol. The number of fused-ring (bicyclic) bond motifs is 10. The summed E-state index contributed by atoms with van der Waals surface area (Å²) in [6.07, 6.45) is 7.29. The number of nitrogens with one attached hydrogen (secondary N) is 1. The molecule has 2 aliphatic rings. The minimum atomic E-state index is 0.0380. The van der Waals surface area contributed by atoms with E-state index in [9.17, 15) is 0 Å². The minimum Gasteiger partial charge on any atom is -0.354 e. The molecule has 2 nitrogen and oxygen atoms in total. The van der Waals surface area contributed by atoms with Crippen LogP contribution in [0.25, 0.3) is 76.8 Å². The van der Waals surface area contributed by atoms with E-state index in [-0.39, 0.29) is 4.75 Å². The van der Waals surface area contributed by atoms with Gasteiger partial charge >= 0.3 is 0 Å². The highest BCUT2D eigenvalue weighted by atomic mass is 32.2. The topological polar surface area (TPSA) is 20.7 Å². The molecule has 11 rings (SSSR count). The molecule has 1 N–H and O–H groups in total. The maximum absolute atomic E-state index is 3.63. The van der Waals surface area contributed by atoms with E-state index in [0.717, 1.165) is 0 Å². The average Bonchev–Trinajstić information content (AvgIpc) is 3.80. The van der Waals surface area contributed by atoms with Gasteiger partial charge in [0.05, 0.1) is 16.7 Å². The zero-order valence-electron chi connectivity index (χ0n) is 27.5. The SMILES string of the molecule is CC12C=CC(c3cc(-n4c5ccccc5c5cc(-c6ccc7c(c6)[nH]c6ccccc67)ccc54)c4ccccc4c3)=CC1c1ccccc1S2. The molecule has 0 amide bonds. The number of para-hydroxylation sites is 2. The molecule has 50 heavy (non-hydrogen) atoms. The van der Waals surface area contributed by atoms with Gasteiger partial charge in [-0.3, -0.25) is 0 Å². The van der Waals surface area contributed by atoms with Crippen molar-refractivity contribution < 1.29 is 0 Å². The van der Waals surface area contributed by atoms with Gasteiger partial charge < -0.3 is 9.55 Å². The van der Waals surface area contributed by atoms with Gasteiger partial charge in [-0.25, -0.2) is 0 Å². The maximum atomic E-state index is 3.63. The standard InChI is InChI=1S/C47H32N2S/c1-47-23-22-31(26-40(47)38-14-6-9-17-46(38)50-47)33-24-32-10-2-3-11-34(32)45(28-33)49-43-16-8-5-13-37(43)39-25-29(19-21-44(39)49)30-18-20-36-35-12-4-7-15-41(35)48-42(36)27-30/h2-28,40,48H,1H3.